The number of aliphatic hydroxyl groups excluding tert-OH is 1. The summed E-state index contributed by atoms with van der Waals surface area (Å²) in [6.07, 6.45) is 1.42. The Hall–Kier alpha value is -2.51. The molecule has 0 saturated carbocycles. The van der Waals surface area contributed by atoms with Crippen molar-refractivity contribution >= 4 is 28.4 Å². The third-order valence-electron chi connectivity index (χ3n) is 4.31. The standard InChI is InChI=1S/C21H21FN2O3S/c22-16-10-8-15(9-11-16)19(26)7-3-14-28-21-23-18-6-2-1-5-17(18)20(27)24(21)12-4-13-25/h1-2,5-6,8-11,25H,3-4,7,12-14H2. The molecule has 0 atom stereocenters. The van der Waals surface area contributed by atoms with Crippen molar-refractivity contribution in [2.45, 2.75) is 31.0 Å². The van der Waals surface area contributed by atoms with Crippen LogP contribution < -0.4 is 5.56 Å². The number of carbonyl (C=O) groups excluding carboxylic acids is 1. The Balaban J connectivity index is 1.68. The molecule has 5 nitrogen and oxygen atoms in total. The lowest BCUT2D eigenvalue weighted by molar-refractivity contribution is 0.0982. The van der Waals surface area contributed by atoms with Crippen molar-refractivity contribution in [3.8, 4) is 0 Å². The monoisotopic (exact) mass is 400 g/mol. The van der Waals surface area contributed by atoms with E-state index in [1.54, 1.807) is 22.8 Å². The number of benzene rings is 2. The van der Waals surface area contributed by atoms with Crippen LogP contribution in [0.1, 0.15) is 29.6 Å². The third kappa shape index (κ3) is 4.85. The maximum absolute atomic E-state index is 12.9. The number of rotatable bonds is 9. The zero-order chi connectivity index (χ0) is 19.9. The number of ketones is 1. The Morgan fingerprint density at radius 3 is 2.61 bits per heavy atom. The van der Waals surface area contributed by atoms with Crippen LogP contribution in [0.5, 0.6) is 0 Å². The largest absolute Gasteiger partial charge is 0.396 e. The van der Waals surface area contributed by atoms with Gasteiger partial charge in [-0.3, -0.25) is 14.2 Å². The molecule has 0 amide bonds. The van der Waals surface area contributed by atoms with E-state index in [1.165, 1.54) is 36.0 Å². The van der Waals surface area contributed by atoms with Crippen LogP contribution >= 0.6 is 11.8 Å². The van der Waals surface area contributed by atoms with Gasteiger partial charge in [0, 0.05) is 30.9 Å². The molecule has 0 spiro atoms. The Bertz CT molecular complexity index is 1020. The number of aromatic nitrogens is 2. The number of carbonyl (C=O) groups is 1. The molecule has 3 aromatic rings. The van der Waals surface area contributed by atoms with Crippen LogP contribution in [0.2, 0.25) is 0 Å². The third-order valence-corrected chi connectivity index (χ3v) is 5.37. The normalized spacial score (nSPS) is 11.1. The molecule has 0 aliphatic heterocycles. The fraction of sp³-hybridized carbons (Fsp3) is 0.286. The second-order valence-electron chi connectivity index (χ2n) is 6.33. The van der Waals surface area contributed by atoms with Crippen molar-refractivity contribution in [2.75, 3.05) is 12.4 Å². The number of aliphatic hydroxyl groups is 1. The number of hydrogen-bond donors (Lipinski definition) is 1. The van der Waals surface area contributed by atoms with Crippen molar-refractivity contribution < 1.29 is 14.3 Å². The number of halogens is 1. The minimum absolute atomic E-state index is 0.00442. The number of thioether (sulfide) groups is 1. The maximum Gasteiger partial charge on any atom is 0.262 e. The number of Topliss-reactive ketones (excluding diaryl/α,β-unsaturated/α-hetero) is 1. The molecule has 0 bridgehead atoms. The van der Waals surface area contributed by atoms with E-state index >= 15 is 0 Å². The van der Waals surface area contributed by atoms with Crippen molar-refractivity contribution in [3.05, 3.63) is 70.3 Å². The summed E-state index contributed by atoms with van der Waals surface area (Å²) in [5.74, 6) is 0.219. The summed E-state index contributed by atoms with van der Waals surface area (Å²) in [5, 5.41) is 10.3. The highest BCUT2D eigenvalue weighted by Gasteiger charge is 2.12. The lowest BCUT2D eigenvalue weighted by Crippen LogP contribution is -2.24. The molecule has 146 valence electrons. The summed E-state index contributed by atoms with van der Waals surface area (Å²) < 4.78 is 14.5. The lowest BCUT2D eigenvalue weighted by atomic mass is 10.1. The highest BCUT2D eigenvalue weighted by Crippen LogP contribution is 2.20. The minimum Gasteiger partial charge on any atom is -0.396 e. The van der Waals surface area contributed by atoms with E-state index in [0.29, 0.717) is 53.2 Å². The Morgan fingerprint density at radius 2 is 1.86 bits per heavy atom. The van der Waals surface area contributed by atoms with Gasteiger partial charge in [0.15, 0.2) is 10.9 Å². The average Bonchev–Trinajstić information content (AvgIpc) is 2.71. The molecule has 1 heterocycles. The predicted octanol–water partition coefficient (Wildman–Crippen LogP) is 3.67. The van der Waals surface area contributed by atoms with Crippen LogP contribution in [-0.4, -0.2) is 32.8 Å². The van der Waals surface area contributed by atoms with Gasteiger partial charge in [-0.15, -0.1) is 0 Å². The molecule has 1 aromatic heterocycles. The number of para-hydroxylation sites is 1. The van der Waals surface area contributed by atoms with E-state index in [9.17, 15) is 14.0 Å². The van der Waals surface area contributed by atoms with Gasteiger partial charge in [-0.25, -0.2) is 9.37 Å². The van der Waals surface area contributed by atoms with Gasteiger partial charge in [-0.05, 0) is 49.2 Å². The Morgan fingerprint density at radius 1 is 1.11 bits per heavy atom. The first-order chi connectivity index (χ1) is 13.6. The molecule has 7 heteroatoms. The molecule has 0 aliphatic carbocycles. The highest BCUT2D eigenvalue weighted by molar-refractivity contribution is 7.99. The van der Waals surface area contributed by atoms with E-state index in [4.69, 9.17) is 5.11 Å². The first kappa shape index (κ1) is 20.2. The number of hydrogen-bond acceptors (Lipinski definition) is 5. The molecule has 1 N–H and O–H groups in total. The van der Waals surface area contributed by atoms with Gasteiger partial charge in [0.1, 0.15) is 5.82 Å². The summed E-state index contributed by atoms with van der Waals surface area (Å²) in [5.41, 5.74) is 1.01. The summed E-state index contributed by atoms with van der Waals surface area (Å²) in [6.45, 7) is 0.388. The highest BCUT2D eigenvalue weighted by atomic mass is 32.2. The van der Waals surface area contributed by atoms with Gasteiger partial charge in [-0.2, -0.15) is 0 Å². The van der Waals surface area contributed by atoms with Crippen LogP contribution in [0.4, 0.5) is 4.39 Å². The smallest absolute Gasteiger partial charge is 0.262 e. The van der Waals surface area contributed by atoms with Gasteiger partial charge in [0.25, 0.3) is 5.56 Å². The first-order valence-electron chi connectivity index (χ1n) is 9.12. The van der Waals surface area contributed by atoms with Gasteiger partial charge in [-0.1, -0.05) is 23.9 Å². The maximum atomic E-state index is 12.9. The van der Waals surface area contributed by atoms with Crippen molar-refractivity contribution in [1.29, 1.82) is 0 Å². The quantitative estimate of drug-likeness (QED) is 0.257. The molecule has 0 fully saturated rings. The molecule has 28 heavy (non-hydrogen) atoms. The van der Waals surface area contributed by atoms with Gasteiger partial charge in [0.05, 0.1) is 10.9 Å². The Labute approximate surface area is 166 Å². The summed E-state index contributed by atoms with van der Waals surface area (Å²) >= 11 is 1.42. The summed E-state index contributed by atoms with van der Waals surface area (Å²) in [6, 6.07) is 12.7. The number of nitrogens with zero attached hydrogens (tertiary/aromatic N) is 2. The summed E-state index contributed by atoms with van der Waals surface area (Å²) in [4.78, 5) is 29.5. The van der Waals surface area contributed by atoms with E-state index < -0.39 is 0 Å². The van der Waals surface area contributed by atoms with E-state index in [0.717, 1.165) is 0 Å². The second-order valence-corrected chi connectivity index (χ2v) is 7.39. The zero-order valence-corrected chi connectivity index (χ0v) is 16.1. The molecule has 0 aliphatic rings. The topological polar surface area (TPSA) is 72.2 Å². The Kier molecular flexibility index (Phi) is 6.95. The fourth-order valence-electron chi connectivity index (χ4n) is 2.86. The fourth-order valence-corrected chi connectivity index (χ4v) is 3.82. The SMILES string of the molecule is O=C(CCCSc1nc2ccccc2c(=O)n1CCCO)c1ccc(F)cc1. The minimum atomic E-state index is -0.365. The van der Waals surface area contributed by atoms with Gasteiger partial charge in [0.2, 0.25) is 0 Å². The van der Waals surface area contributed by atoms with Crippen molar-refractivity contribution in [2.24, 2.45) is 0 Å². The molecule has 2 aromatic carbocycles. The zero-order valence-electron chi connectivity index (χ0n) is 15.3. The average molecular weight is 400 g/mol. The van der Waals surface area contributed by atoms with E-state index in [-0.39, 0.29) is 23.8 Å². The molecule has 0 unspecified atom stereocenters. The molecular formula is C21H21FN2O3S. The van der Waals surface area contributed by atoms with Crippen molar-refractivity contribution in [1.82, 2.24) is 9.55 Å². The lowest BCUT2D eigenvalue weighted by Gasteiger charge is -2.12. The van der Waals surface area contributed by atoms with Crippen LogP contribution in [0.15, 0.2) is 58.5 Å². The van der Waals surface area contributed by atoms with Crippen LogP contribution in [0, 0.1) is 5.82 Å². The predicted molar refractivity (Wildman–Crippen MR) is 108 cm³/mol. The van der Waals surface area contributed by atoms with Gasteiger partial charge < -0.3 is 5.11 Å². The van der Waals surface area contributed by atoms with Crippen LogP contribution in [-0.2, 0) is 6.54 Å². The molecular weight excluding hydrogens is 379 g/mol. The summed E-state index contributed by atoms with van der Waals surface area (Å²) in [7, 11) is 0. The number of fused-ring (bicyclic) bond motifs is 1. The van der Waals surface area contributed by atoms with E-state index in [1.807, 2.05) is 6.07 Å². The van der Waals surface area contributed by atoms with Gasteiger partial charge >= 0.3 is 0 Å². The molecule has 3 rings (SSSR count). The van der Waals surface area contributed by atoms with Crippen LogP contribution in [0.25, 0.3) is 10.9 Å². The molecule has 0 radical (unpaired) electrons. The second kappa shape index (κ2) is 9.61. The van der Waals surface area contributed by atoms with Crippen LogP contribution in [0.3, 0.4) is 0 Å². The van der Waals surface area contributed by atoms with E-state index in [2.05, 4.69) is 4.98 Å². The first-order valence-corrected chi connectivity index (χ1v) is 10.1. The molecule has 0 saturated heterocycles. The van der Waals surface area contributed by atoms with Crippen molar-refractivity contribution in [3.63, 3.8) is 0 Å².